The summed E-state index contributed by atoms with van der Waals surface area (Å²) in [7, 11) is 0. The number of carbonyl (C=O) groups is 2. The van der Waals surface area contributed by atoms with Gasteiger partial charge in [-0.2, -0.15) is 0 Å². The lowest BCUT2D eigenvalue weighted by Gasteiger charge is -2.39. The summed E-state index contributed by atoms with van der Waals surface area (Å²) >= 11 is 0. The van der Waals surface area contributed by atoms with Gasteiger partial charge < -0.3 is 39.4 Å². The second-order valence-electron chi connectivity index (χ2n) is 15.1. The van der Waals surface area contributed by atoms with Crippen molar-refractivity contribution < 1.29 is 49.0 Å². The molecular formula is C45H80O10. The second kappa shape index (κ2) is 36.3. The summed E-state index contributed by atoms with van der Waals surface area (Å²) in [6.07, 6.45) is 32.9. The SMILES string of the molecule is CCCCC/C=C/C/C=C/CCCCCCCC(=O)O[C@@H](COC(=O)CCCC/C=C/CCCCCCCCCCC)CO[C@H]1O[C@@H](CO)[C@@H](O)C(O)C1O. The number of aliphatic hydroxyl groups excluding tert-OH is 4. The average Bonchev–Trinajstić information content (AvgIpc) is 3.18. The zero-order valence-electron chi connectivity index (χ0n) is 34.7. The van der Waals surface area contributed by atoms with Crippen LogP contribution in [0.4, 0.5) is 0 Å². The molecule has 4 N–H and O–H groups in total. The molecule has 0 amide bonds. The lowest BCUT2D eigenvalue weighted by Crippen LogP contribution is -2.59. The number of unbranched alkanes of at least 4 members (excludes halogenated alkanes) is 19. The molecule has 0 bridgehead atoms. The normalized spacial score (nSPS) is 20.9. The van der Waals surface area contributed by atoms with Crippen LogP contribution >= 0.6 is 0 Å². The molecule has 1 heterocycles. The third-order valence-electron chi connectivity index (χ3n) is 10.00. The maximum atomic E-state index is 12.7. The fraction of sp³-hybridized carbons (Fsp3) is 0.822. The van der Waals surface area contributed by atoms with E-state index in [2.05, 4.69) is 50.3 Å². The van der Waals surface area contributed by atoms with Crippen molar-refractivity contribution in [3.05, 3.63) is 36.5 Å². The summed E-state index contributed by atoms with van der Waals surface area (Å²) in [4.78, 5) is 25.3. The van der Waals surface area contributed by atoms with Crippen molar-refractivity contribution in [3.63, 3.8) is 0 Å². The summed E-state index contributed by atoms with van der Waals surface area (Å²) < 4.78 is 22.1. The predicted molar refractivity (Wildman–Crippen MR) is 219 cm³/mol. The van der Waals surface area contributed by atoms with Crippen LogP contribution in [0.5, 0.6) is 0 Å². The van der Waals surface area contributed by atoms with E-state index in [1.165, 1.54) is 77.0 Å². The Morgan fingerprint density at radius 1 is 0.564 bits per heavy atom. The highest BCUT2D eigenvalue weighted by molar-refractivity contribution is 5.70. The van der Waals surface area contributed by atoms with Gasteiger partial charge in [-0.1, -0.05) is 134 Å². The van der Waals surface area contributed by atoms with E-state index >= 15 is 0 Å². The van der Waals surface area contributed by atoms with E-state index in [9.17, 15) is 30.0 Å². The number of ether oxygens (including phenoxy) is 4. The molecule has 1 aliphatic heterocycles. The molecule has 1 rings (SSSR count). The molecule has 0 spiro atoms. The Balaban J connectivity index is 2.37. The smallest absolute Gasteiger partial charge is 0.306 e. The zero-order chi connectivity index (χ0) is 40.2. The first kappa shape index (κ1) is 50.9. The highest BCUT2D eigenvalue weighted by Gasteiger charge is 2.44. The van der Waals surface area contributed by atoms with Gasteiger partial charge in [-0.15, -0.1) is 0 Å². The molecule has 55 heavy (non-hydrogen) atoms. The molecule has 1 fully saturated rings. The Bertz CT molecular complexity index is 996. The van der Waals surface area contributed by atoms with Crippen molar-refractivity contribution >= 4 is 11.9 Å². The molecule has 2 unspecified atom stereocenters. The summed E-state index contributed by atoms with van der Waals surface area (Å²) in [5.41, 5.74) is 0. The van der Waals surface area contributed by atoms with Crippen LogP contribution in [0, 0.1) is 0 Å². The van der Waals surface area contributed by atoms with E-state index in [1.807, 2.05) is 0 Å². The van der Waals surface area contributed by atoms with Crippen LogP contribution < -0.4 is 0 Å². The number of rotatable bonds is 36. The van der Waals surface area contributed by atoms with Crippen molar-refractivity contribution in [2.45, 2.75) is 218 Å². The van der Waals surface area contributed by atoms with E-state index in [1.54, 1.807) is 0 Å². The molecule has 0 aromatic heterocycles. The molecular weight excluding hydrogens is 700 g/mol. The molecule has 0 saturated carbocycles. The molecule has 0 aromatic carbocycles. The first-order chi connectivity index (χ1) is 26.8. The van der Waals surface area contributed by atoms with Gasteiger partial charge in [0.05, 0.1) is 13.2 Å². The van der Waals surface area contributed by atoms with E-state index in [-0.39, 0.29) is 26.1 Å². The van der Waals surface area contributed by atoms with Crippen molar-refractivity contribution in [2.24, 2.45) is 0 Å². The lowest BCUT2D eigenvalue weighted by atomic mass is 9.99. The molecule has 0 aromatic rings. The van der Waals surface area contributed by atoms with Crippen molar-refractivity contribution in [2.75, 3.05) is 19.8 Å². The van der Waals surface area contributed by atoms with Gasteiger partial charge in [0.2, 0.25) is 0 Å². The summed E-state index contributed by atoms with van der Waals surface area (Å²) in [5.74, 6) is -0.848. The molecule has 1 aliphatic rings. The van der Waals surface area contributed by atoms with Crippen LogP contribution in [-0.4, -0.2) is 89.0 Å². The van der Waals surface area contributed by atoms with E-state index in [0.29, 0.717) is 12.8 Å². The van der Waals surface area contributed by atoms with Gasteiger partial charge in [0.1, 0.15) is 31.0 Å². The molecule has 0 radical (unpaired) electrons. The second-order valence-corrected chi connectivity index (χ2v) is 15.1. The first-order valence-corrected chi connectivity index (χ1v) is 22.1. The van der Waals surface area contributed by atoms with E-state index in [4.69, 9.17) is 18.9 Å². The van der Waals surface area contributed by atoms with Crippen LogP contribution in [-0.2, 0) is 28.5 Å². The van der Waals surface area contributed by atoms with E-state index < -0.39 is 55.4 Å². The Hall–Kier alpha value is -2.08. The number of hydrogen-bond donors (Lipinski definition) is 4. The number of esters is 2. The Morgan fingerprint density at radius 3 is 1.60 bits per heavy atom. The Labute approximate surface area is 334 Å². The van der Waals surface area contributed by atoms with Crippen LogP contribution in [0.25, 0.3) is 0 Å². The first-order valence-electron chi connectivity index (χ1n) is 22.1. The minimum atomic E-state index is -1.60. The van der Waals surface area contributed by atoms with Gasteiger partial charge >= 0.3 is 11.9 Å². The van der Waals surface area contributed by atoms with E-state index in [0.717, 1.165) is 64.2 Å². The van der Waals surface area contributed by atoms with Gasteiger partial charge in [0.25, 0.3) is 0 Å². The summed E-state index contributed by atoms with van der Waals surface area (Å²) in [6, 6.07) is 0. The topological polar surface area (TPSA) is 152 Å². The number of aliphatic hydroxyl groups is 4. The molecule has 10 heteroatoms. The summed E-state index contributed by atoms with van der Waals surface area (Å²) in [6.45, 7) is 3.36. The third-order valence-corrected chi connectivity index (χ3v) is 10.00. The van der Waals surface area contributed by atoms with Crippen LogP contribution in [0.2, 0.25) is 0 Å². The predicted octanol–water partition coefficient (Wildman–Crippen LogP) is 9.11. The molecule has 1 saturated heterocycles. The lowest BCUT2D eigenvalue weighted by molar-refractivity contribution is -0.305. The Morgan fingerprint density at radius 2 is 1.02 bits per heavy atom. The maximum absolute atomic E-state index is 12.7. The highest BCUT2D eigenvalue weighted by Crippen LogP contribution is 2.22. The monoisotopic (exact) mass is 781 g/mol. The third kappa shape index (κ3) is 28.0. The molecule has 320 valence electrons. The highest BCUT2D eigenvalue weighted by atomic mass is 16.7. The number of hydrogen-bond acceptors (Lipinski definition) is 10. The number of allylic oxidation sites excluding steroid dienone is 6. The minimum absolute atomic E-state index is 0.210. The average molecular weight is 781 g/mol. The van der Waals surface area contributed by atoms with Gasteiger partial charge in [-0.05, 0) is 70.6 Å². The van der Waals surface area contributed by atoms with Gasteiger partial charge in [0, 0.05) is 12.8 Å². The minimum Gasteiger partial charge on any atom is -0.462 e. The fourth-order valence-corrected chi connectivity index (χ4v) is 6.45. The molecule has 10 nitrogen and oxygen atoms in total. The summed E-state index contributed by atoms with van der Waals surface area (Å²) in [5, 5.41) is 40.0. The van der Waals surface area contributed by atoms with Crippen LogP contribution in [0.1, 0.15) is 181 Å². The fourth-order valence-electron chi connectivity index (χ4n) is 6.45. The molecule has 0 aliphatic carbocycles. The van der Waals surface area contributed by atoms with Crippen molar-refractivity contribution in [3.8, 4) is 0 Å². The Kier molecular flexibility index (Phi) is 33.6. The van der Waals surface area contributed by atoms with Crippen molar-refractivity contribution in [1.29, 1.82) is 0 Å². The van der Waals surface area contributed by atoms with Gasteiger partial charge in [-0.25, -0.2) is 0 Å². The maximum Gasteiger partial charge on any atom is 0.306 e. The zero-order valence-corrected chi connectivity index (χ0v) is 34.7. The van der Waals surface area contributed by atoms with Gasteiger partial charge in [-0.3, -0.25) is 9.59 Å². The standard InChI is InChI=1S/C45H80O10/c1-3-5-7-9-11-13-15-17-19-21-23-25-27-29-31-33-40(47)52-36-38(37-53-45-44(51)43(50)42(49)39(35-46)55-45)54-41(48)34-32-30-28-26-24-22-20-18-16-14-12-10-8-6-4-2/h12,14,18,20,23,25,38-39,42-46,49-51H,3-11,13,15-17,19,21-22,24,26-37H2,1-2H3/b14-12+,20-18+,25-23+/t38-,39-,42+,43?,44?,45-/m0/s1. The van der Waals surface area contributed by atoms with Gasteiger partial charge in [0.15, 0.2) is 12.4 Å². The molecule has 6 atom stereocenters. The largest absolute Gasteiger partial charge is 0.462 e. The number of carbonyl (C=O) groups excluding carboxylic acids is 2. The van der Waals surface area contributed by atoms with Crippen molar-refractivity contribution in [1.82, 2.24) is 0 Å². The van der Waals surface area contributed by atoms with Crippen LogP contribution in [0.3, 0.4) is 0 Å². The quantitative estimate of drug-likeness (QED) is 0.0275. The van der Waals surface area contributed by atoms with Crippen LogP contribution in [0.15, 0.2) is 36.5 Å².